The Labute approximate surface area is 182 Å². The number of rotatable bonds is 5. The number of halogens is 1. The molecule has 3 aromatic rings. The zero-order chi connectivity index (χ0) is 20.9. The number of hydrazine groups is 1. The van der Waals surface area contributed by atoms with Crippen LogP contribution in [-0.4, -0.2) is 28.6 Å². The number of carbonyl (C=O) groups excluding carboxylic acids is 2. The summed E-state index contributed by atoms with van der Waals surface area (Å²) in [5.41, 5.74) is 6.79. The fourth-order valence-corrected chi connectivity index (χ4v) is 4.55. The lowest BCUT2D eigenvalue weighted by Crippen LogP contribution is -2.47. The van der Waals surface area contributed by atoms with Crippen molar-refractivity contribution in [3.05, 3.63) is 56.6 Å². The minimum atomic E-state index is -0.515. The number of fused-ring (bicyclic) bond motifs is 1. The summed E-state index contributed by atoms with van der Waals surface area (Å²) in [4.78, 5) is 30.3. The Morgan fingerprint density at radius 3 is 2.87 bits per heavy atom. The van der Waals surface area contributed by atoms with Crippen LogP contribution >= 0.6 is 22.9 Å². The molecule has 0 atom stereocenters. The van der Waals surface area contributed by atoms with E-state index in [1.807, 2.05) is 12.1 Å². The van der Waals surface area contributed by atoms with Crippen LogP contribution in [0.5, 0.6) is 0 Å². The van der Waals surface area contributed by atoms with Crippen molar-refractivity contribution < 1.29 is 14.1 Å². The van der Waals surface area contributed by atoms with Crippen molar-refractivity contribution >= 4 is 34.9 Å². The van der Waals surface area contributed by atoms with Gasteiger partial charge in [-0.25, -0.2) is 10.2 Å². The number of hydrogen-bond acceptors (Lipinski definition) is 6. The molecule has 0 saturated heterocycles. The van der Waals surface area contributed by atoms with E-state index in [4.69, 9.17) is 16.1 Å². The average Bonchev–Trinajstić information content (AvgIpc) is 3.39. The molecule has 0 bridgehead atoms. The van der Waals surface area contributed by atoms with Gasteiger partial charge in [0.25, 0.3) is 5.91 Å². The van der Waals surface area contributed by atoms with E-state index >= 15 is 0 Å². The van der Waals surface area contributed by atoms with Crippen LogP contribution in [0.4, 0.5) is 4.79 Å². The molecule has 0 radical (unpaired) electrons. The van der Waals surface area contributed by atoms with Crippen LogP contribution in [-0.2, 0) is 19.3 Å². The standard InChI is InChI=1S/C20H20ClN5O3S/c21-14-6-3-5-13(10-14)18-23-17(29-26-18)8-9-22-20(28)25-24-19(27)16-11-12-4-1-2-7-15(12)30-16/h3,5-6,10-11H,1-2,4,7-9H2,(H,24,27)(H2,22,25,28). The first-order valence-corrected chi connectivity index (χ1v) is 10.8. The molecule has 156 valence electrons. The van der Waals surface area contributed by atoms with Crippen molar-refractivity contribution in [3.8, 4) is 11.4 Å². The van der Waals surface area contributed by atoms with Crippen molar-refractivity contribution in [3.63, 3.8) is 0 Å². The lowest BCUT2D eigenvalue weighted by atomic mass is 9.99. The number of hydrogen-bond donors (Lipinski definition) is 3. The second kappa shape index (κ2) is 9.27. The van der Waals surface area contributed by atoms with Gasteiger partial charge in [0.2, 0.25) is 11.7 Å². The van der Waals surface area contributed by atoms with Gasteiger partial charge in [-0.3, -0.25) is 10.2 Å². The van der Waals surface area contributed by atoms with Gasteiger partial charge in [0.05, 0.1) is 4.88 Å². The third-order valence-electron chi connectivity index (χ3n) is 4.69. The lowest BCUT2D eigenvalue weighted by Gasteiger charge is -2.08. The Balaban J connectivity index is 1.21. The molecule has 1 aliphatic carbocycles. The van der Waals surface area contributed by atoms with E-state index in [9.17, 15) is 9.59 Å². The molecule has 0 aliphatic heterocycles. The maximum atomic E-state index is 12.2. The third kappa shape index (κ3) is 4.98. The van der Waals surface area contributed by atoms with E-state index in [0.717, 1.165) is 31.2 Å². The van der Waals surface area contributed by atoms with Crippen LogP contribution in [0, 0.1) is 0 Å². The van der Waals surface area contributed by atoms with Gasteiger partial charge >= 0.3 is 6.03 Å². The Bertz CT molecular complexity index is 1040. The van der Waals surface area contributed by atoms with Crippen LogP contribution in [0.2, 0.25) is 5.02 Å². The molecule has 0 spiro atoms. The molecule has 0 fully saturated rings. The minimum Gasteiger partial charge on any atom is -0.339 e. The summed E-state index contributed by atoms with van der Waals surface area (Å²) in [6, 6.07) is 8.55. The van der Waals surface area contributed by atoms with Gasteiger partial charge in [0, 0.05) is 28.4 Å². The van der Waals surface area contributed by atoms with Gasteiger partial charge in [-0.05, 0) is 49.4 Å². The van der Waals surface area contributed by atoms with Crippen molar-refractivity contribution in [2.75, 3.05) is 6.54 Å². The molecule has 4 rings (SSSR count). The van der Waals surface area contributed by atoms with Crippen LogP contribution in [0.15, 0.2) is 34.9 Å². The third-order valence-corrected chi connectivity index (χ3v) is 6.16. The minimum absolute atomic E-state index is 0.270. The van der Waals surface area contributed by atoms with E-state index in [0.29, 0.717) is 28.0 Å². The van der Waals surface area contributed by atoms with E-state index in [-0.39, 0.29) is 12.5 Å². The van der Waals surface area contributed by atoms with Gasteiger partial charge in [0.15, 0.2) is 0 Å². The Kier molecular flexibility index (Phi) is 6.29. The van der Waals surface area contributed by atoms with Crippen LogP contribution < -0.4 is 16.2 Å². The molecule has 1 aliphatic rings. The van der Waals surface area contributed by atoms with Crippen molar-refractivity contribution in [2.45, 2.75) is 32.1 Å². The van der Waals surface area contributed by atoms with E-state index in [2.05, 4.69) is 26.3 Å². The van der Waals surface area contributed by atoms with Gasteiger partial charge in [-0.1, -0.05) is 28.9 Å². The summed E-state index contributed by atoms with van der Waals surface area (Å²) in [5, 5.41) is 7.14. The summed E-state index contributed by atoms with van der Waals surface area (Å²) < 4.78 is 5.19. The fourth-order valence-electron chi connectivity index (χ4n) is 3.21. The second-order valence-electron chi connectivity index (χ2n) is 6.87. The normalized spacial score (nSPS) is 12.8. The maximum Gasteiger partial charge on any atom is 0.333 e. The molecule has 10 heteroatoms. The number of thiophene rings is 1. The molecule has 3 amide bonds. The number of nitrogens with one attached hydrogen (secondary N) is 3. The number of nitrogens with zero attached hydrogens (tertiary/aromatic N) is 2. The Morgan fingerprint density at radius 1 is 1.17 bits per heavy atom. The molecule has 30 heavy (non-hydrogen) atoms. The molecule has 0 saturated carbocycles. The summed E-state index contributed by atoms with van der Waals surface area (Å²) >= 11 is 7.46. The molecule has 3 N–H and O–H groups in total. The number of carbonyl (C=O) groups is 2. The molecule has 2 heterocycles. The van der Waals surface area contributed by atoms with Crippen LogP contribution in [0.25, 0.3) is 11.4 Å². The van der Waals surface area contributed by atoms with Crippen molar-refractivity contribution in [1.29, 1.82) is 0 Å². The highest BCUT2D eigenvalue weighted by Gasteiger charge is 2.17. The molecular weight excluding hydrogens is 426 g/mol. The summed E-state index contributed by atoms with van der Waals surface area (Å²) in [6.45, 7) is 0.270. The predicted molar refractivity (Wildman–Crippen MR) is 113 cm³/mol. The number of urea groups is 1. The monoisotopic (exact) mass is 445 g/mol. The Hall–Kier alpha value is -2.91. The SMILES string of the molecule is O=C(NCCc1nc(-c2cccc(Cl)c2)no1)NNC(=O)c1cc2c(s1)CCCC2. The molecule has 1 aromatic carbocycles. The number of aryl methyl sites for hydroxylation is 2. The number of aromatic nitrogens is 2. The smallest absolute Gasteiger partial charge is 0.333 e. The second-order valence-corrected chi connectivity index (χ2v) is 8.45. The summed E-state index contributed by atoms with van der Waals surface area (Å²) in [5.74, 6) is 0.508. The lowest BCUT2D eigenvalue weighted by molar-refractivity contribution is 0.0940. The molecular formula is C20H20ClN5O3S. The average molecular weight is 446 g/mol. The zero-order valence-corrected chi connectivity index (χ0v) is 17.6. The Morgan fingerprint density at radius 2 is 2.03 bits per heavy atom. The number of amides is 3. The maximum absolute atomic E-state index is 12.2. The van der Waals surface area contributed by atoms with Crippen molar-refractivity contribution in [2.24, 2.45) is 0 Å². The van der Waals surface area contributed by atoms with Gasteiger partial charge < -0.3 is 9.84 Å². The number of benzene rings is 1. The summed E-state index contributed by atoms with van der Waals surface area (Å²) in [7, 11) is 0. The molecule has 8 nitrogen and oxygen atoms in total. The van der Waals surface area contributed by atoms with Crippen LogP contribution in [0.3, 0.4) is 0 Å². The fraction of sp³-hybridized carbons (Fsp3) is 0.300. The zero-order valence-electron chi connectivity index (χ0n) is 16.0. The van der Waals surface area contributed by atoms with E-state index in [1.165, 1.54) is 21.8 Å². The van der Waals surface area contributed by atoms with E-state index < -0.39 is 6.03 Å². The predicted octanol–water partition coefficient (Wildman–Crippen LogP) is 3.52. The van der Waals surface area contributed by atoms with Gasteiger partial charge in [0.1, 0.15) is 0 Å². The highest BCUT2D eigenvalue weighted by molar-refractivity contribution is 7.14. The summed E-state index contributed by atoms with van der Waals surface area (Å²) in [6.07, 6.45) is 4.71. The molecule has 0 unspecified atom stereocenters. The van der Waals surface area contributed by atoms with Gasteiger partial charge in [-0.15, -0.1) is 11.3 Å². The largest absolute Gasteiger partial charge is 0.339 e. The first kappa shape index (κ1) is 20.4. The highest BCUT2D eigenvalue weighted by Crippen LogP contribution is 2.29. The highest BCUT2D eigenvalue weighted by atomic mass is 35.5. The van der Waals surface area contributed by atoms with Crippen molar-refractivity contribution in [1.82, 2.24) is 26.3 Å². The quantitative estimate of drug-likeness (QED) is 0.520. The van der Waals surface area contributed by atoms with Gasteiger partial charge in [-0.2, -0.15) is 4.98 Å². The molecule has 2 aromatic heterocycles. The van der Waals surface area contributed by atoms with E-state index in [1.54, 1.807) is 18.2 Å². The first-order valence-electron chi connectivity index (χ1n) is 9.63. The van der Waals surface area contributed by atoms with Crippen LogP contribution in [0.1, 0.15) is 38.8 Å². The first-order chi connectivity index (χ1) is 14.6. The topological polar surface area (TPSA) is 109 Å².